The van der Waals surface area contributed by atoms with E-state index in [1.54, 1.807) is 0 Å². The predicted octanol–water partition coefficient (Wildman–Crippen LogP) is 2.89. The lowest BCUT2D eigenvalue weighted by atomic mass is 9.97. The Morgan fingerprint density at radius 2 is 2.27 bits per heavy atom. The van der Waals surface area contributed by atoms with Crippen molar-refractivity contribution in [3.8, 4) is 0 Å². The van der Waals surface area contributed by atoms with Gasteiger partial charge in [-0.2, -0.15) is 0 Å². The van der Waals surface area contributed by atoms with Gasteiger partial charge in [-0.1, -0.05) is 38.5 Å². The summed E-state index contributed by atoms with van der Waals surface area (Å²) in [4.78, 5) is 4.62. The normalized spacial score (nSPS) is 27.0. The van der Waals surface area contributed by atoms with E-state index >= 15 is 0 Å². The van der Waals surface area contributed by atoms with Crippen molar-refractivity contribution in [1.29, 1.82) is 0 Å². The minimum absolute atomic E-state index is 0.385. The van der Waals surface area contributed by atoms with E-state index in [2.05, 4.69) is 31.1 Å². The van der Waals surface area contributed by atoms with E-state index in [0.29, 0.717) is 11.5 Å². The highest BCUT2D eigenvalue weighted by molar-refractivity contribution is 8.13. The predicted molar refractivity (Wildman–Crippen MR) is 68.5 cm³/mol. The van der Waals surface area contributed by atoms with Gasteiger partial charge < -0.3 is 5.32 Å². The van der Waals surface area contributed by atoms with Gasteiger partial charge >= 0.3 is 0 Å². The summed E-state index contributed by atoms with van der Waals surface area (Å²) in [5.74, 6) is 2.19. The molecule has 1 saturated carbocycles. The van der Waals surface area contributed by atoms with Gasteiger partial charge in [0.25, 0.3) is 0 Å². The molecule has 0 aromatic heterocycles. The van der Waals surface area contributed by atoms with Crippen LogP contribution in [0.4, 0.5) is 0 Å². The second-order valence-corrected chi connectivity index (χ2v) is 6.76. The Morgan fingerprint density at radius 1 is 1.53 bits per heavy atom. The van der Waals surface area contributed by atoms with Crippen molar-refractivity contribution >= 4 is 16.9 Å². The Bertz CT molecular complexity index is 256. The summed E-state index contributed by atoms with van der Waals surface area (Å²) in [5, 5.41) is 4.71. The molecule has 1 atom stereocenters. The Balaban J connectivity index is 1.76. The maximum absolute atomic E-state index is 4.62. The number of rotatable bonds is 3. The van der Waals surface area contributed by atoms with Crippen LogP contribution >= 0.6 is 11.8 Å². The van der Waals surface area contributed by atoms with Crippen LogP contribution in [0.1, 0.15) is 40.0 Å². The molecule has 2 nitrogen and oxygen atoms in total. The van der Waals surface area contributed by atoms with Crippen molar-refractivity contribution in [1.82, 2.24) is 5.32 Å². The summed E-state index contributed by atoms with van der Waals surface area (Å²) >= 11 is 1.88. The van der Waals surface area contributed by atoms with E-state index in [-0.39, 0.29) is 0 Å². The molecule has 0 saturated heterocycles. The van der Waals surface area contributed by atoms with E-state index in [9.17, 15) is 0 Å². The van der Waals surface area contributed by atoms with Crippen LogP contribution in [0.25, 0.3) is 0 Å². The highest BCUT2D eigenvalue weighted by Gasteiger charge is 2.26. The van der Waals surface area contributed by atoms with Crippen LogP contribution in [0.2, 0.25) is 0 Å². The fraction of sp³-hybridized carbons (Fsp3) is 0.917. The van der Waals surface area contributed by atoms with Crippen LogP contribution in [0.15, 0.2) is 4.99 Å². The monoisotopic (exact) mass is 226 g/mol. The van der Waals surface area contributed by atoms with Crippen molar-refractivity contribution in [2.24, 2.45) is 16.3 Å². The van der Waals surface area contributed by atoms with Gasteiger partial charge in [-0.15, -0.1) is 0 Å². The second kappa shape index (κ2) is 4.36. The number of hydrogen-bond donors (Lipinski definition) is 1. The zero-order chi connectivity index (χ0) is 10.9. The summed E-state index contributed by atoms with van der Waals surface area (Å²) < 4.78 is 0. The fourth-order valence-corrected chi connectivity index (χ4v) is 2.91. The fourth-order valence-electron chi connectivity index (χ4n) is 1.85. The third kappa shape index (κ3) is 3.71. The molecule has 86 valence electrons. The number of aliphatic imine (C=N–C) groups is 1. The van der Waals surface area contributed by atoms with Crippen LogP contribution in [0.5, 0.6) is 0 Å². The number of amidine groups is 1. The summed E-state index contributed by atoms with van der Waals surface area (Å²) in [6, 6.07) is 0.602. The molecule has 0 bridgehead atoms. The van der Waals surface area contributed by atoms with Crippen molar-refractivity contribution < 1.29 is 0 Å². The molecule has 0 aromatic rings. The molecular weight excluding hydrogens is 204 g/mol. The minimum atomic E-state index is 0.385. The Morgan fingerprint density at radius 3 is 2.80 bits per heavy atom. The molecule has 3 heteroatoms. The standard InChI is InChI=1S/C12H22N2S/c1-9(6-10-4-5-10)14-11-13-7-12(2,3)8-15-11/h9-10H,4-8H2,1-3H3,(H,13,14). The van der Waals surface area contributed by atoms with Crippen molar-refractivity contribution in [3.63, 3.8) is 0 Å². The van der Waals surface area contributed by atoms with Gasteiger partial charge in [-0.3, -0.25) is 4.99 Å². The topological polar surface area (TPSA) is 24.4 Å². The molecule has 2 rings (SSSR count). The summed E-state index contributed by atoms with van der Waals surface area (Å²) in [6.07, 6.45) is 4.21. The molecule has 1 aliphatic heterocycles. The second-order valence-electron chi connectivity index (χ2n) is 5.80. The van der Waals surface area contributed by atoms with Crippen LogP contribution in [0, 0.1) is 11.3 Å². The molecule has 1 fully saturated rings. The zero-order valence-electron chi connectivity index (χ0n) is 10.0. The lowest BCUT2D eigenvalue weighted by molar-refractivity contribution is 0.435. The van der Waals surface area contributed by atoms with Crippen LogP contribution < -0.4 is 5.32 Å². The molecule has 1 aliphatic carbocycles. The summed E-state index contributed by atoms with van der Waals surface area (Å²) in [7, 11) is 0. The number of nitrogens with one attached hydrogen (secondary N) is 1. The molecule has 0 radical (unpaired) electrons. The molecule has 15 heavy (non-hydrogen) atoms. The highest BCUT2D eigenvalue weighted by Crippen LogP contribution is 2.34. The van der Waals surface area contributed by atoms with Gasteiger partial charge in [0.05, 0.1) is 0 Å². The first kappa shape index (κ1) is 11.3. The Labute approximate surface area is 97.3 Å². The van der Waals surface area contributed by atoms with Gasteiger partial charge in [-0.25, -0.2) is 0 Å². The third-order valence-corrected chi connectivity index (χ3v) is 4.45. The van der Waals surface area contributed by atoms with Crippen molar-refractivity contribution in [2.45, 2.75) is 46.1 Å². The Kier molecular flexibility index (Phi) is 3.29. The first-order valence-corrected chi connectivity index (χ1v) is 6.97. The zero-order valence-corrected chi connectivity index (χ0v) is 10.9. The molecule has 1 unspecified atom stereocenters. The molecule has 0 spiro atoms. The number of thioether (sulfide) groups is 1. The first-order chi connectivity index (χ1) is 7.05. The van der Waals surface area contributed by atoms with Gasteiger partial charge in [0.15, 0.2) is 5.17 Å². The quantitative estimate of drug-likeness (QED) is 0.800. The lowest BCUT2D eigenvalue weighted by Crippen LogP contribution is -2.36. The largest absolute Gasteiger partial charge is 0.362 e. The summed E-state index contributed by atoms with van der Waals surface area (Å²) in [6.45, 7) is 7.82. The van der Waals surface area contributed by atoms with E-state index in [4.69, 9.17) is 0 Å². The lowest BCUT2D eigenvalue weighted by Gasteiger charge is -2.28. The van der Waals surface area contributed by atoms with E-state index in [1.807, 2.05) is 11.8 Å². The SMILES string of the molecule is CC(CC1CC1)NC1=NCC(C)(C)CS1. The van der Waals surface area contributed by atoms with E-state index < -0.39 is 0 Å². The Hall–Kier alpha value is -0.180. The third-order valence-electron chi connectivity index (χ3n) is 3.00. The molecule has 1 heterocycles. The van der Waals surface area contributed by atoms with Gasteiger partial charge in [0.1, 0.15) is 0 Å². The van der Waals surface area contributed by atoms with Crippen molar-refractivity contribution in [2.75, 3.05) is 12.3 Å². The average Bonchev–Trinajstić information content (AvgIpc) is 2.92. The smallest absolute Gasteiger partial charge is 0.156 e. The maximum atomic E-state index is 4.62. The van der Waals surface area contributed by atoms with E-state index in [0.717, 1.165) is 12.5 Å². The maximum Gasteiger partial charge on any atom is 0.156 e. The van der Waals surface area contributed by atoms with Crippen LogP contribution in [-0.4, -0.2) is 23.5 Å². The minimum Gasteiger partial charge on any atom is -0.362 e. The number of hydrogen-bond acceptors (Lipinski definition) is 3. The van der Waals surface area contributed by atoms with Crippen LogP contribution in [-0.2, 0) is 0 Å². The average molecular weight is 226 g/mol. The van der Waals surface area contributed by atoms with E-state index in [1.165, 1.54) is 30.2 Å². The number of nitrogens with zero attached hydrogens (tertiary/aromatic N) is 1. The summed E-state index contributed by atoms with van der Waals surface area (Å²) in [5.41, 5.74) is 0.385. The molecule has 1 N–H and O–H groups in total. The highest BCUT2D eigenvalue weighted by atomic mass is 32.2. The molecule has 2 aliphatic rings. The molecule has 0 aromatic carbocycles. The van der Waals surface area contributed by atoms with Gasteiger partial charge in [0.2, 0.25) is 0 Å². The van der Waals surface area contributed by atoms with Gasteiger partial charge in [0, 0.05) is 18.3 Å². The first-order valence-electron chi connectivity index (χ1n) is 5.99. The van der Waals surface area contributed by atoms with Crippen LogP contribution in [0.3, 0.4) is 0 Å². The van der Waals surface area contributed by atoms with Gasteiger partial charge in [-0.05, 0) is 24.7 Å². The molecule has 0 amide bonds. The van der Waals surface area contributed by atoms with Crippen molar-refractivity contribution in [3.05, 3.63) is 0 Å². The molecular formula is C12H22N2S.